The molecule has 0 radical (unpaired) electrons. The van der Waals surface area contributed by atoms with Crippen molar-refractivity contribution in [1.82, 2.24) is 0 Å². The van der Waals surface area contributed by atoms with Crippen LogP contribution in [0.1, 0.15) is 136 Å². The van der Waals surface area contributed by atoms with Gasteiger partial charge in [0, 0.05) is 17.8 Å². The molecule has 0 aliphatic rings. The van der Waals surface area contributed by atoms with Crippen molar-refractivity contribution >= 4 is 11.9 Å². The van der Waals surface area contributed by atoms with Crippen LogP contribution in [0.4, 0.5) is 0 Å². The molecule has 6 nitrogen and oxygen atoms in total. The van der Waals surface area contributed by atoms with Gasteiger partial charge in [-0.15, -0.1) is 0 Å². The minimum Gasteiger partial charge on any atom is -0.396 e. The van der Waals surface area contributed by atoms with Gasteiger partial charge in [-0.25, -0.2) is 9.59 Å². The summed E-state index contributed by atoms with van der Waals surface area (Å²) in [6.07, 6.45) is 21.5. The van der Waals surface area contributed by atoms with Crippen molar-refractivity contribution < 1.29 is 29.3 Å². The van der Waals surface area contributed by atoms with Crippen LogP contribution in [0.5, 0.6) is 0 Å². The molecule has 0 heterocycles. The number of hydrogen-bond donors (Lipinski definition) is 2. The number of carbonyl (C=O) groups is 2. The highest BCUT2D eigenvalue weighted by Gasteiger charge is 2.36. The van der Waals surface area contributed by atoms with Gasteiger partial charge >= 0.3 is 17.9 Å². The fourth-order valence-electron chi connectivity index (χ4n) is 3.88. The standard InChI is InChI=1S/C29H52O6/c1-25(2)27(31)34-29(33,35-28(32)26(3)4)23-21-19-17-15-13-11-9-7-5-6-8-10-12-14-16-18-20-22-24-30/h30,33H,1,3,5-24H2,2,4H3. The van der Waals surface area contributed by atoms with Crippen LogP contribution in [-0.4, -0.2) is 34.7 Å². The van der Waals surface area contributed by atoms with Crippen molar-refractivity contribution in [1.29, 1.82) is 0 Å². The lowest BCUT2D eigenvalue weighted by Crippen LogP contribution is -2.40. The molecule has 0 aromatic rings. The van der Waals surface area contributed by atoms with Gasteiger partial charge in [-0.05, 0) is 26.7 Å². The number of carbonyl (C=O) groups excluding carboxylic acids is 2. The SMILES string of the molecule is C=C(C)C(=O)OC(O)(CCCCCCCCCCCCCCCCCCCCO)OC(=O)C(=C)C. The van der Waals surface area contributed by atoms with E-state index < -0.39 is 17.9 Å². The third-order valence-corrected chi connectivity index (χ3v) is 6.10. The summed E-state index contributed by atoms with van der Waals surface area (Å²) >= 11 is 0. The molecule has 6 heteroatoms. The molecular weight excluding hydrogens is 444 g/mol. The Morgan fingerprint density at radius 1 is 0.571 bits per heavy atom. The Morgan fingerprint density at radius 2 is 0.829 bits per heavy atom. The van der Waals surface area contributed by atoms with E-state index in [4.69, 9.17) is 14.6 Å². The van der Waals surface area contributed by atoms with Crippen LogP contribution < -0.4 is 0 Å². The largest absolute Gasteiger partial charge is 0.396 e. The van der Waals surface area contributed by atoms with Gasteiger partial charge < -0.3 is 19.7 Å². The van der Waals surface area contributed by atoms with Crippen LogP contribution in [0.3, 0.4) is 0 Å². The lowest BCUT2D eigenvalue weighted by molar-refractivity contribution is -0.325. The highest BCUT2D eigenvalue weighted by molar-refractivity contribution is 5.88. The summed E-state index contributed by atoms with van der Waals surface area (Å²) in [5.74, 6) is -3.88. The fourth-order valence-corrected chi connectivity index (χ4v) is 3.88. The second-order valence-corrected chi connectivity index (χ2v) is 9.89. The molecule has 0 bridgehead atoms. The molecule has 0 unspecified atom stereocenters. The molecule has 0 spiro atoms. The molecule has 0 saturated carbocycles. The van der Waals surface area contributed by atoms with Crippen molar-refractivity contribution in [2.45, 2.75) is 142 Å². The van der Waals surface area contributed by atoms with Gasteiger partial charge in [0.2, 0.25) is 0 Å². The third-order valence-electron chi connectivity index (χ3n) is 6.10. The zero-order valence-electron chi connectivity index (χ0n) is 22.6. The maximum atomic E-state index is 11.8. The highest BCUT2D eigenvalue weighted by Crippen LogP contribution is 2.22. The minimum atomic E-state index is -2.29. The molecule has 0 aliphatic carbocycles. The van der Waals surface area contributed by atoms with Gasteiger partial charge in [0.05, 0.1) is 6.42 Å². The van der Waals surface area contributed by atoms with Crippen LogP contribution in [0.25, 0.3) is 0 Å². The van der Waals surface area contributed by atoms with Gasteiger partial charge in [0.15, 0.2) is 0 Å². The number of esters is 2. The van der Waals surface area contributed by atoms with Crippen LogP contribution >= 0.6 is 0 Å². The Bertz CT molecular complexity index is 570. The van der Waals surface area contributed by atoms with E-state index in [2.05, 4.69) is 13.2 Å². The first-order chi connectivity index (χ1) is 16.7. The van der Waals surface area contributed by atoms with Crippen LogP contribution in [-0.2, 0) is 19.1 Å². The third kappa shape index (κ3) is 20.3. The number of hydrogen-bond acceptors (Lipinski definition) is 6. The molecule has 0 fully saturated rings. The van der Waals surface area contributed by atoms with Crippen molar-refractivity contribution in [3.8, 4) is 0 Å². The van der Waals surface area contributed by atoms with E-state index in [9.17, 15) is 14.7 Å². The molecule has 0 amide bonds. The Morgan fingerprint density at radius 3 is 1.09 bits per heavy atom. The smallest absolute Gasteiger partial charge is 0.373 e. The zero-order valence-corrected chi connectivity index (χ0v) is 22.6. The van der Waals surface area contributed by atoms with Crippen LogP contribution in [0, 0.1) is 0 Å². The molecule has 0 atom stereocenters. The van der Waals surface area contributed by atoms with E-state index in [0.29, 0.717) is 13.0 Å². The second kappa shape index (κ2) is 21.6. The normalized spacial score (nSPS) is 11.3. The van der Waals surface area contributed by atoms with E-state index >= 15 is 0 Å². The van der Waals surface area contributed by atoms with E-state index in [1.165, 1.54) is 97.3 Å². The molecule has 35 heavy (non-hydrogen) atoms. The number of aliphatic hydroxyl groups is 2. The lowest BCUT2D eigenvalue weighted by atomic mass is 10.0. The van der Waals surface area contributed by atoms with Crippen LogP contribution in [0.2, 0.25) is 0 Å². The molecule has 0 aromatic heterocycles. The van der Waals surface area contributed by atoms with Crippen molar-refractivity contribution in [2.75, 3.05) is 6.61 Å². The van der Waals surface area contributed by atoms with Gasteiger partial charge in [-0.2, -0.15) is 0 Å². The molecular formula is C29H52O6. The number of rotatable bonds is 24. The number of ether oxygens (including phenoxy) is 2. The molecule has 0 aromatic carbocycles. The predicted octanol–water partition coefficient (Wildman–Crippen LogP) is 7.28. The number of aliphatic hydroxyl groups excluding tert-OH is 1. The first-order valence-electron chi connectivity index (χ1n) is 13.8. The molecule has 0 saturated heterocycles. The van der Waals surface area contributed by atoms with Gasteiger partial charge in [0.1, 0.15) is 0 Å². The molecule has 0 aliphatic heterocycles. The van der Waals surface area contributed by atoms with E-state index in [1.807, 2.05) is 0 Å². The summed E-state index contributed by atoms with van der Waals surface area (Å²) in [6.45, 7) is 10.2. The Labute approximate surface area is 214 Å². The Kier molecular flexibility index (Phi) is 20.6. The van der Waals surface area contributed by atoms with Gasteiger partial charge in [-0.1, -0.05) is 116 Å². The van der Waals surface area contributed by atoms with Crippen molar-refractivity contribution in [3.05, 3.63) is 24.3 Å². The highest BCUT2D eigenvalue weighted by atomic mass is 16.8. The Balaban J connectivity index is 3.72. The molecule has 2 N–H and O–H groups in total. The summed E-state index contributed by atoms with van der Waals surface area (Å²) in [7, 11) is 0. The van der Waals surface area contributed by atoms with E-state index in [0.717, 1.165) is 25.7 Å². The summed E-state index contributed by atoms with van der Waals surface area (Å²) in [4.78, 5) is 23.6. The minimum absolute atomic E-state index is 0.0226. The maximum Gasteiger partial charge on any atom is 0.373 e. The topological polar surface area (TPSA) is 93.1 Å². The van der Waals surface area contributed by atoms with Crippen molar-refractivity contribution in [2.24, 2.45) is 0 Å². The summed E-state index contributed by atoms with van der Waals surface area (Å²) < 4.78 is 9.97. The summed E-state index contributed by atoms with van der Waals surface area (Å²) in [5.41, 5.74) is 0.243. The van der Waals surface area contributed by atoms with Crippen LogP contribution in [0.15, 0.2) is 24.3 Å². The van der Waals surface area contributed by atoms with Crippen molar-refractivity contribution in [3.63, 3.8) is 0 Å². The monoisotopic (exact) mass is 496 g/mol. The average molecular weight is 497 g/mol. The first kappa shape index (κ1) is 33.3. The zero-order chi connectivity index (χ0) is 26.4. The van der Waals surface area contributed by atoms with E-state index in [-0.39, 0.29) is 17.6 Å². The average Bonchev–Trinajstić information content (AvgIpc) is 2.80. The fraction of sp³-hybridized carbons (Fsp3) is 0.793. The maximum absolute atomic E-state index is 11.8. The molecule has 204 valence electrons. The number of unbranched alkanes of at least 4 members (excludes halogenated alkanes) is 17. The Hall–Kier alpha value is -1.66. The second-order valence-electron chi connectivity index (χ2n) is 9.89. The summed E-state index contributed by atoms with van der Waals surface area (Å²) in [6, 6.07) is 0. The quantitative estimate of drug-likeness (QED) is 0.0631. The summed E-state index contributed by atoms with van der Waals surface area (Å²) in [5, 5.41) is 19.3. The van der Waals surface area contributed by atoms with E-state index in [1.54, 1.807) is 0 Å². The lowest BCUT2D eigenvalue weighted by Gasteiger charge is -2.27. The molecule has 0 rings (SSSR count). The van der Waals surface area contributed by atoms with Gasteiger partial charge in [0.25, 0.3) is 0 Å². The first-order valence-corrected chi connectivity index (χ1v) is 13.8. The van der Waals surface area contributed by atoms with Gasteiger partial charge in [-0.3, -0.25) is 0 Å². The predicted molar refractivity (Wildman–Crippen MR) is 142 cm³/mol.